The van der Waals surface area contributed by atoms with Crippen molar-refractivity contribution in [2.75, 3.05) is 44.2 Å². The van der Waals surface area contributed by atoms with Crippen LogP contribution in [0.3, 0.4) is 0 Å². The molecule has 0 amide bonds. The number of aryl methyl sites for hydroxylation is 2. The number of rotatable bonds is 8. The van der Waals surface area contributed by atoms with Crippen molar-refractivity contribution in [3.63, 3.8) is 0 Å². The second-order valence-corrected chi connectivity index (χ2v) is 13.1. The molecule has 204 valence electrons. The minimum Gasteiger partial charge on any atom is -0.396 e. The van der Waals surface area contributed by atoms with Crippen LogP contribution in [0.2, 0.25) is 0 Å². The molecule has 3 heterocycles. The van der Waals surface area contributed by atoms with Gasteiger partial charge in [0.15, 0.2) is 9.84 Å². The van der Waals surface area contributed by atoms with E-state index in [0.29, 0.717) is 4.90 Å². The first-order valence-electron chi connectivity index (χ1n) is 13.8. The fourth-order valence-corrected chi connectivity index (χ4v) is 7.32. The van der Waals surface area contributed by atoms with Gasteiger partial charge in [-0.15, -0.1) is 0 Å². The molecule has 8 heteroatoms. The van der Waals surface area contributed by atoms with E-state index in [1.54, 1.807) is 12.1 Å². The SMILES string of the molecule is Cc1nc(-c2ccc(N3CCN(CCCO)CC3)cc2)cc2c1cc(-c1ccc(S(=O)(=O)C3CC3)cc1)n2C. The van der Waals surface area contributed by atoms with E-state index in [-0.39, 0.29) is 11.9 Å². The molecule has 1 aliphatic carbocycles. The number of aliphatic hydroxyl groups is 1. The number of aliphatic hydroxyl groups excluding tert-OH is 1. The van der Waals surface area contributed by atoms with Crippen LogP contribution in [0, 0.1) is 6.92 Å². The average Bonchev–Trinajstić information content (AvgIpc) is 3.77. The molecule has 0 atom stereocenters. The summed E-state index contributed by atoms with van der Waals surface area (Å²) in [7, 11) is -1.13. The number of pyridine rings is 1. The highest BCUT2D eigenvalue weighted by Gasteiger charge is 2.36. The van der Waals surface area contributed by atoms with Crippen molar-refractivity contribution in [1.82, 2.24) is 14.5 Å². The third-order valence-electron chi connectivity index (χ3n) is 8.21. The highest BCUT2D eigenvalue weighted by Crippen LogP contribution is 2.36. The standard InChI is InChI=1S/C31H36N4O3S/c1-22-28-20-30(24-6-10-26(11-7-24)39(37,38)27-12-13-27)33(2)31(28)21-29(32-22)23-4-8-25(9-5-23)35-17-15-34(16-18-35)14-3-19-36/h4-11,20-21,27,36H,3,12-19H2,1-2H3. The molecule has 0 radical (unpaired) electrons. The molecule has 39 heavy (non-hydrogen) atoms. The van der Waals surface area contributed by atoms with Crippen molar-refractivity contribution < 1.29 is 13.5 Å². The van der Waals surface area contributed by atoms with E-state index in [1.165, 1.54) is 5.69 Å². The van der Waals surface area contributed by atoms with Gasteiger partial charge in [0.2, 0.25) is 0 Å². The smallest absolute Gasteiger partial charge is 0.181 e. The molecule has 4 aromatic rings. The van der Waals surface area contributed by atoms with Gasteiger partial charge in [-0.1, -0.05) is 24.3 Å². The number of piperazine rings is 1. The molecule has 1 N–H and O–H groups in total. The summed E-state index contributed by atoms with van der Waals surface area (Å²) >= 11 is 0. The Morgan fingerprint density at radius 3 is 2.23 bits per heavy atom. The Bertz CT molecular complexity index is 1580. The molecule has 2 aromatic carbocycles. The largest absolute Gasteiger partial charge is 0.396 e. The topological polar surface area (TPSA) is 78.7 Å². The first-order chi connectivity index (χ1) is 18.8. The first-order valence-corrected chi connectivity index (χ1v) is 15.4. The summed E-state index contributed by atoms with van der Waals surface area (Å²) in [5.74, 6) is 0. The number of nitrogens with zero attached hydrogens (tertiary/aromatic N) is 4. The third kappa shape index (κ3) is 5.09. The first kappa shape index (κ1) is 26.0. The van der Waals surface area contributed by atoms with Gasteiger partial charge in [0.1, 0.15) is 0 Å². The maximum absolute atomic E-state index is 12.6. The van der Waals surface area contributed by atoms with Crippen molar-refractivity contribution in [2.24, 2.45) is 7.05 Å². The molecule has 6 rings (SSSR count). The zero-order chi connectivity index (χ0) is 27.1. The lowest BCUT2D eigenvalue weighted by atomic mass is 10.1. The maximum atomic E-state index is 12.6. The predicted octanol–water partition coefficient (Wildman–Crippen LogP) is 4.66. The van der Waals surface area contributed by atoms with E-state index >= 15 is 0 Å². The number of benzene rings is 2. The minimum absolute atomic E-state index is 0.199. The monoisotopic (exact) mass is 544 g/mol. The second-order valence-electron chi connectivity index (χ2n) is 10.8. The highest BCUT2D eigenvalue weighted by molar-refractivity contribution is 7.92. The van der Waals surface area contributed by atoms with Crippen molar-refractivity contribution >= 4 is 26.4 Å². The number of aromatic nitrogens is 2. The van der Waals surface area contributed by atoms with E-state index in [4.69, 9.17) is 10.1 Å². The van der Waals surface area contributed by atoms with Gasteiger partial charge in [-0.3, -0.25) is 9.88 Å². The van der Waals surface area contributed by atoms with Gasteiger partial charge in [-0.25, -0.2) is 8.42 Å². The molecular formula is C31H36N4O3S. The van der Waals surface area contributed by atoms with Gasteiger partial charge in [0.25, 0.3) is 0 Å². The molecule has 0 spiro atoms. The molecule has 7 nitrogen and oxygen atoms in total. The van der Waals surface area contributed by atoms with E-state index in [1.807, 2.05) is 19.1 Å². The summed E-state index contributed by atoms with van der Waals surface area (Å²) in [6, 6.07) is 20.3. The molecule has 1 aliphatic heterocycles. The number of fused-ring (bicyclic) bond motifs is 1. The molecule has 2 aliphatic rings. The Labute approximate surface area is 230 Å². The van der Waals surface area contributed by atoms with Crippen molar-refractivity contribution in [2.45, 2.75) is 36.3 Å². The molecule has 1 saturated carbocycles. The van der Waals surface area contributed by atoms with Crippen molar-refractivity contribution in [3.8, 4) is 22.5 Å². The fourth-order valence-electron chi connectivity index (χ4n) is 5.66. The van der Waals surface area contributed by atoms with Crippen LogP contribution in [0.1, 0.15) is 25.0 Å². The zero-order valence-corrected chi connectivity index (χ0v) is 23.5. The summed E-state index contributed by atoms with van der Waals surface area (Å²) in [5, 5.41) is 9.98. The van der Waals surface area contributed by atoms with Gasteiger partial charge in [0, 0.05) is 74.4 Å². The van der Waals surface area contributed by atoms with E-state index in [0.717, 1.165) is 91.1 Å². The molecular weight excluding hydrogens is 508 g/mol. The van der Waals surface area contributed by atoms with Gasteiger partial charge in [-0.05, 0) is 68.1 Å². The van der Waals surface area contributed by atoms with Crippen LogP contribution < -0.4 is 4.90 Å². The average molecular weight is 545 g/mol. The van der Waals surface area contributed by atoms with Gasteiger partial charge in [-0.2, -0.15) is 0 Å². The number of hydrogen-bond acceptors (Lipinski definition) is 6. The van der Waals surface area contributed by atoms with Gasteiger partial charge < -0.3 is 14.6 Å². The second kappa shape index (κ2) is 10.4. The third-order valence-corrected chi connectivity index (χ3v) is 10.5. The van der Waals surface area contributed by atoms with Crippen LogP contribution >= 0.6 is 0 Å². The summed E-state index contributed by atoms with van der Waals surface area (Å²) in [6.45, 7) is 7.30. The highest BCUT2D eigenvalue weighted by atomic mass is 32.2. The summed E-state index contributed by atoms with van der Waals surface area (Å²) in [6.07, 6.45) is 2.38. The van der Waals surface area contributed by atoms with Crippen LogP contribution in [-0.2, 0) is 16.9 Å². The van der Waals surface area contributed by atoms with Crippen molar-refractivity contribution in [3.05, 3.63) is 66.4 Å². The lowest BCUT2D eigenvalue weighted by molar-refractivity contribution is 0.216. The zero-order valence-electron chi connectivity index (χ0n) is 22.7. The lowest BCUT2D eigenvalue weighted by Crippen LogP contribution is -2.46. The van der Waals surface area contributed by atoms with E-state index in [2.05, 4.69) is 57.8 Å². The Morgan fingerprint density at radius 2 is 1.59 bits per heavy atom. The maximum Gasteiger partial charge on any atom is 0.181 e. The van der Waals surface area contributed by atoms with Crippen LogP contribution in [0.15, 0.2) is 65.6 Å². The summed E-state index contributed by atoms with van der Waals surface area (Å²) < 4.78 is 27.4. The molecule has 0 unspecified atom stereocenters. The quantitative estimate of drug-likeness (QED) is 0.348. The molecule has 1 saturated heterocycles. The fraction of sp³-hybridized carbons (Fsp3) is 0.387. The summed E-state index contributed by atoms with van der Waals surface area (Å²) in [5.41, 5.74) is 7.36. The predicted molar refractivity (Wildman–Crippen MR) is 157 cm³/mol. The molecule has 2 fully saturated rings. The Balaban J connectivity index is 1.23. The van der Waals surface area contributed by atoms with Crippen molar-refractivity contribution in [1.29, 1.82) is 0 Å². The Morgan fingerprint density at radius 1 is 0.923 bits per heavy atom. The normalized spacial score (nSPS) is 16.7. The van der Waals surface area contributed by atoms with Crippen LogP contribution in [0.25, 0.3) is 33.4 Å². The van der Waals surface area contributed by atoms with Gasteiger partial charge in [0.05, 0.1) is 21.4 Å². The van der Waals surface area contributed by atoms with E-state index < -0.39 is 9.84 Å². The number of sulfone groups is 1. The molecule has 2 aromatic heterocycles. The van der Waals surface area contributed by atoms with Crippen LogP contribution in [-0.4, -0.2) is 72.6 Å². The minimum atomic E-state index is -3.19. The van der Waals surface area contributed by atoms with Crippen LogP contribution in [0.4, 0.5) is 5.69 Å². The number of hydrogen-bond donors (Lipinski definition) is 1. The van der Waals surface area contributed by atoms with E-state index in [9.17, 15) is 8.42 Å². The van der Waals surface area contributed by atoms with Crippen LogP contribution in [0.5, 0.6) is 0 Å². The molecule has 0 bridgehead atoms. The Hall–Kier alpha value is -3.20. The number of anilines is 1. The lowest BCUT2D eigenvalue weighted by Gasteiger charge is -2.36. The Kier molecular flexibility index (Phi) is 6.95. The van der Waals surface area contributed by atoms with Gasteiger partial charge >= 0.3 is 0 Å². The summed E-state index contributed by atoms with van der Waals surface area (Å²) in [4.78, 5) is 10.2.